The van der Waals surface area contributed by atoms with E-state index in [-0.39, 0.29) is 32.6 Å². The summed E-state index contributed by atoms with van der Waals surface area (Å²) in [7, 11) is -4.39. The third kappa shape index (κ3) is 37.5. The van der Waals surface area contributed by atoms with Gasteiger partial charge in [0.2, 0.25) is 0 Å². The molecule has 0 spiro atoms. The fourth-order valence-electron chi connectivity index (χ4n) is 5.08. The van der Waals surface area contributed by atoms with Crippen molar-refractivity contribution in [3.8, 4) is 0 Å². The van der Waals surface area contributed by atoms with Gasteiger partial charge in [0.15, 0.2) is 6.10 Å². The first kappa shape index (κ1) is 49.7. The molecule has 0 aromatic carbocycles. The second-order valence-corrected chi connectivity index (χ2v) is 14.6. The molecule has 0 aliphatic heterocycles. The molecule has 10 heteroatoms. The van der Waals surface area contributed by atoms with E-state index in [0.29, 0.717) is 12.8 Å². The van der Waals surface area contributed by atoms with Gasteiger partial charge in [0.1, 0.15) is 6.61 Å². The van der Waals surface area contributed by atoms with Crippen LogP contribution in [0.4, 0.5) is 0 Å². The van der Waals surface area contributed by atoms with Gasteiger partial charge in [-0.1, -0.05) is 139 Å². The lowest BCUT2D eigenvalue weighted by Crippen LogP contribution is -2.29. The second-order valence-electron chi connectivity index (χ2n) is 13.1. The molecule has 3 N–H and O–H groups in total. The lowest BCUT2D eigenvalue weighted by molar-refractivity contribution is -0.161. The molecule has 52 heavy (non-hydrogen) atoms. The van der Waals surface area contributed by atoms with Crippen LogP contribution in [0, 0.1) is 0 Å². The highest BCUT2D eigenvalue weighted by Crippen LogP contribution is 2.43. The molecule has 0 saturated carbocycles. The molecule has 0 amide bonds. The van der Waals surface area contributed by atoms with Crippen molar-refractivity contribution in [3.63, 3.8) is 0 Å². The highest BCUT2D eigenvalue weighted by Gasteiger charge is 2.25. The molecular weight excluding hydrogens is 677 g/mol. The number of phosphoric ester groups is 1. The molecule has 0 saturated heterocycles. The number of rotatable bonds is 37. The number of hydrogen-bond acceptors (Lipinski definition) is 8. The van der Waals surface area contributed by atoms with Crippen LogP contribution in [0.1, 0.15) is 162 Å². The quantitative estimate of drug-likeness (QED) is 0.0275. The molecular formula is C42H74NO8P. The number of hydrogen-bond donors (Lipinski definition) is 2. The maximum atomic E-state index is 12.5. The van der Waals surface area contributed by atoms with Crippen LogP contribution in [0.5, 0.6) is 0 Å². The second kappa shape index (κ2) is 38.4. The number of allylic oxidation sites excluding steroid dienone is 10. The Balaban J connectivity index is 4.31. The first-order chi connectivity index (χ1) is 25.3. The predicted molar refractivity (Wildman–Crippen MR) is 215 cm³/mol. The van der Waals surface area contributed by atoms with E-state index in [1.165, 1.54) is 51.4 Å². The number of unbranched alkanes of at least 4 members (excludes halogenated alkanes) is 14. The van der Waals surface area contributed by atoms with E-state index in [9.17, 15) is 19.0 Å². The average Bonchev–Trinajstić information content (AvgIpc) is 3.13. The number of carbonyl (C=O) groups is 2. The molecule has 0 fully saturated rings. The number of nitrogens with two attached hydrogens (primary N) is 1. The van der Waals surface area contributed by atoms with Crippen molar-refractivity contribution in [1.82, 2.24) is 0 Å². The maximum absolute atomic E-state index is 12.5. The van der Waals surface area contributed by atoms with Gasteiger partial charge in [-0.05, 0) is 70.6 Å². The normalized spacial score (nSPS) is 14.0. The summed E-state index contributed by atoms with van der Waals surface area (Å²) in [5, 5.41) is 0. The fraction of sp³-hybridized carbons (Fsp3) is 0.714. The third-order valence-electron chi connectivity index (χ3n) is 8.13. The first-order valence-corrected chi connectivity index (χ1v) is 21.8. The third-order valence-corrected chi connectivity index (χ3v) is 9.11. The van der Waals surface area contributed by atoms with Gasteiger partial charge in [-0.25, -0.2) is 4.57 Å². The van der Waals surface area contributed by atoms with Gasteiger partial charge < -0.3 is 20.1 Å². The summed E-state index contributed by atoms with van der Waals surface area (Å²) in [6.07, 6.45) is 44.0. The summed E-state index contributed by atoms with van der Waals surface area (Å²) in [5.74, 6) is -0.912. The Morgan fingerprint density at radius 1 is 0.577 bits per heavy atom. The molecule has 9 nitrogen and oxygen atoms in total. The van der Waals surface area contributed by atoms with E-state index < -0.39 is 32.5 Å². The van der Waals surface area contributed by atoms with Crippen molar-refractivity contribution in [2.75, 3.05) is 26.4 Å². The minimum Gasteiger partial charge on any atom is -0.462 e. The number of esters is 2. The fourth-order valence-corrected chi connectivity index (χ4v) is 5.84. The van der Waals surface area contributed by atoms with E-state index in [1.54, 1.807) is 0 Å². The smallest absolute Gasteiger partial charge is 0.462 e. The molecule has 2 atom stereocenters. The van der Waals surface area contributed by atoms with Gasteiger partial charge in [-0.15, -0.1) is 0 Å². The van der Waals surface area contributed by atoms with Gasteiger partial charge in [0, 0.05) is 19.4 Å². The molecule has 0 aliphatic rings. The molecule has 0 aromatic rings. The Kier molecular flexibility index (Phi) is 36.7. The van der Waals surface area contributed by atoms with Gasteiger partial charge in [0.25, 0.3) is 0 Å². The van der Waals surface area contributed by atoms with Crippen molar-refractivity contribution < 1.29 is 37.6 Å². The SMILES string of the molecule is CCCC/C=C/C/C=C/CCCCCCCC(=O)O[C@H](COC(=O)CCC/C=C/C/C=C/C/C=C/CCCCCCCC)COP(=O)(O)OCCN. The van der Waals surface area contributed by atoms with E-state index in [0.717, 1.165) is 70.6 Å². The maximum Gasteiger partial charge on any atom is 0.472 e. The Morgan fingerprint density at radius 3 is 1.60 bits per heavy atom. The minimum atomic E-state index is -4.39. The number of carbonyl (C=O) groups excluding carboxylic acids is 2. The van der Waals surface area contributed by atoms with Crippen LogP contribution in [0.15, 0.2) is 60.8 Å². The standard InChI is InChI=1S/C42H74NO8P/c1-3-5-7-9-11-13-15-17-19-20-21-23-24-26-28-30-32-34-41(44)48-38-40(39-50-52(46,47)49-37-36-43)51-42(45)35-33-31-29-27-25-22-18-16-14-12-10-8-6-4-2/h10,12,16-19,21,23,26,28,40H,3-9,11,13-15,20,22,24-25,27,29-39,43H2,1-2H3,(H,46,47)/b12-10+,18-16+,19-17+,23-21+,28-26+/t40-/m1/s1. The summed E-state index contributed by atoms with van der Waals surface area (Å²) in [6.45, 7) is 3.59. The summed E-state index contributed by atoms with van der Waals surface area (Å²) in [6, 6.07) is 0. The van der Waals surface area contributed by atoms with Crippen LogP contribution < -0.4 is 5.73 Å². The Morgan fingerprint density at radius 2 is 1.04 bits per heavy atom. The Labute approximate surface area is 317 Å². The van der Waals surface area contributed by atoms with Crippen molar-refractivity contribution in [3.05, 3.63) is 60.8 Å². The molecule has 1 unspecified atom stereocenters. The monoisotopic (exact) mass is 752 g/mol. The van der Waals surface area contributed by atoms with Crippen LogP contribution in [-0.2, 0) is 32.7 Å². The molecule has 0 aliphatic carbocycles. The summed E-state index contributed by atoms with van der Waals surface area (Å²) in [5.41, 5.74) is 5.33. The summed E-state index contributed by atoms with van der Waals surface area (Å²) < 4.78 is 32.6. The van der Waals surface area contributed by atoms with Crippen molar-refractivity contribution >= 4 is 19.8 Å². The largest absolute Gasteiger partial charge is 0.472 e. The van der Waals surface area contributed by atoms with Crippen LogP contribution in [-0.4, -0.2) is 49.3 Å². The summed E-state index contributed by atoms with van der Waals surface area (Å²) >= 11 is 0. The van der Waals surface area contributed by atoms with E-state index in [2.05, 4.69) is 74.6 Å². The van der Waals surface area contributed by atoms with Crippen LogP contribution >= 0.6 is 7.82 Å². The zero-order valence-electron chi connectivity index (χ0n) is 32.8. The van der Waals surface area contributed by atoms with Gasteiger partial charge >= 0.3 is 19.8 Å². The molecule has 0 radical (unpaired) electrons. The van der Waals surface area contributed by atoms with E-state index >= 15 is 0 Å². The van der Waals surface area contributed by atoms with Crippen molar-refractivity contribution in [1.29, 1.82) is 0 Å². The van der Waals surface area contributed by atoms with Crippen molar-refractivity contribution in [2.45, 2.75) is 168 Å². The topological polar surface area (TPSA) is 134 Å². The average molecular weight is 752 g/mol. The molecule has 0 heterocycles. The molecule has 0 aromatic heterocycles. The molecule has 0 rings (SSSR count). The van der Waals surface area contributed by atoms with Gasteiger partial charge in [0.05, 0.1) is 13.2 Å². The zero-order chi connectivity index (χ0) is 38.2. The lowest BCUT2D eigenvalue weighted by Gasteiger charge is -2.19. The van der Waals surface area contributed by atoms with Gasteiger partial charge in [-0.2, -0.15) is 0 Å². The molecule has 300 valence electrons. The highest BCUT2D eigenvalue weighted by molar-refractivity contribution is 7.47. The van der Waals surface area contributed by atoms with Crippen LogP contribution in [0.3, 0.4) is 0 Å². The highest BCUT2D eigenvalue weighted by atomic mass is 31.2. The minimum absolute atomic E-state index is 0.0420. The van der Waals surface area contributed by atoms with Gasteiger partial charge in [-0.3, -0.25) is 18.6 Å². The number of phosphoric acid groups is 1. The van der Waals surface area contributed by atoms with E-state index in [1.807, 2.05) is 0 Å². The van der Waals surface area contributed by atoms with Crippen LogP contribution in [0.2, 0.25) is 0 Å². The Bertz CT molecular complexity index is 1040. The number of ether oxygens (including phenoxy) is 2. The predicted octanol–water partition coefficient (Wildman–Crippen LogP) is 11.3. The Hall–Kier alpha value is -2.29. The lowest BCUT2D eigenvalue weighted by atomic mass is 10.1. The van der Waals surface area contributed by atoms with E-state index in [4.69, 9.17) is 24.3 Å². The van der Waals surface area contributed by atoms with Crippen LogP contribution in [0.25, 0.3) is 0 Å². The summed E-state index contributed by atoms with van der Waals surface area (Å²) in [4.78, 5) is 34.7. The zero-order valence-corrected chi connectivity index (χ0v) is 33.7. The first-order valence-electron chi connectivity index (χ1n) is 20.3. The molecule has 0 bridgehead atoms. The van der Waals surface area contributed by atoms with Crippen molar-refractivity contribution in [2.24, 2.45) is 5.73 Å².